The first kappa shape index (κ1) is 14.1. The van der Waals surface area contributed by atoms with Gasteiger partial charge in [-0.3, -0.25) is 0 Å². The molecule has 0 radical (unpaired) electrons. The maximum absolute atomic E-state index is 6.11. The predicted octanol–water partition coefficient (Wildman–Crippen LogP) is 5.17. The van der Waals surface area contributed by atoms with E-state index in [1.807, 2.05) is 18.2 Å². The Morgan fingerprint density at radius 1 is 1.39 bits per heavy atom. The molecule has 0 aliphatic carbocycles. The van der Waals surface area contributed by atoms with E-state index in [1.165, 1.54) is 16.0 Å². The van der Waals surface area contributed by atoms with Crippen LogP contribution in [-0.4, -0.2) is 6.54 Å². The summed E-state index contributed by atoms with van der Waals surface area (Å²) in [5.41, 5.74) is 2.48. The molecule has 4 heteroatoms. The molecule has 0 bridgehead atoms. The first-order valence-electron chi connectivity index (χ1n) is 5.85. The van der Waals surface area contributed by atoms with E-state index in [1.54, 1.807) is 11.3 Å². The van der Waals surface area contributed by atoms with Gasteiger partial charge in [-0.2, -0.15) is 0 Å². The number of aryl methyl sites for hydroxylation is 1. The van der Waals surface area contributed by atoms with Gasteiger partial charge in [-0.1, -0.05) is 34.5 Å². The SMILES string of the molecule is CCNC(c1csc(C)c1)c1cc(Cl)ccc1Br. The Bertz CT molecular complexity index is 538. The normalized spacial score (nSPS) is 12.7. The zero-order valence-corrected chi connectivity index (χ0v) is 13.5. The summed E-state index contributed by atoms with van der Waals surface area (Å²) in [6, 6.07) is 8.34. The molecule has 0 spiro atoms. The van der Waals surface area contributed by atoms with Gasteiger partial charge in [-0.05, 0) is 54.2 Å². The number of halogens is 2. The molecule has 0 saturated carbocycles. The third-order valence-corrected chi connectivity index (χ3v) is 4.60. The van der Waals surface area contributed by atoms with Gasteiger partial charge in [0.2, 0.25) is 0 Å². The zero-order chi connectivity index (χ0) is 13.1. The quantitative estimate of drug-likeness (QED) is 0.806. The molecule has 1 nitrogen and oxygen atoms in total. The minimum atomic E-state index is 0.188. The van der Waals surface area contributed by atoms with Crippen molar-refractivity contribution in [1.82, 2.24) is 5.32 Å². The lowest BCUT2D eigenvalue weighted by atomic mass is 10.0. The second-order valence-electron chi connectivity index (χ2n) is 4.15. The first-order chi connectivity index (χ1) is 8.61. The van der Waals surface area contributed by atoms with E-state index in [0.717, 1.165) is 16.0 Å². The van der Waals surface area contributed by atoms with Crippen LogP contribution in [0.25, 0.3) is 0 Å². The van der Waals surface area contributed by atoms with Crippen LogP contribution in [0.1, 0.15) is 29.0 Å². The molecule has 1 heterocycles. The molecule has 0 aliphatic rings. The number of benzene rings is 1. The summed E-state index contributed by atoms with van der Waals surface area (Å²) in [5.74, 6) is 0. The number of nitrogens with one attached hydrogen (secondary N) is 1. The lowest BCUT2D eigenvalue weighted by molar-refractivity contribution is 0.630. The number of hydrogen-bond acceptors (Lipinski definition) is 2. The Hall–Kier alpha value is -0.350. The first-order valence-corrected chi connectivity index (χ1v) is 7.90. The molecule has 2 rings (SSSR count). The minimum absolute atomic E-state index is 0.188. The van der Waals surface area contributed by atoms with Crippen LogP contribution < -0.4 is 5.32 Å². The van der Waals surface area contributed by atoms with Gasteiger partial charge < -0.3 is 5.32 Å². The van der Waals surface area contributed by atoms with E-state index in [-0.39, 0.29) is 6.04 Å². The van der Waals surface area contributed by atoms with Gasteiger partial charge in [-0.25, -0.2) is 0 Å². The maximum atomic E-state index is 6.11. The van der Waals surface area contributed by atoms with E-state index in [2.05, 4.69) is 46.5 Å². The standard InChI is InChI=1S/C14H15BrClNS/c1-3-17-14(10-6-9(2)18-8-10)12-7-11(16)4-5-13(12)15/h4-8,14,17H,3H2,1-2H3. The van der Waals surface area contributed by atoms with Crippen molar-refractivity contribution in [3.63, 3.8) is 0 Å². The Morgan fingerprint density at radius 2 is 2.17 bits per heavy atom. The number of hydrogen-bond donors (Lipinski definition) is 1. The van der Waals surface area contributed by atoms with Crippen LogP contribution in [0.4, 0.5) is 0 Å². The molecule has 1 aromatic carbocycles. The second kappa shape index (κ2) is 6.20. The van der Waals surface area contributed by atoms with Gasteiger partial charge in [0.05, 0.1) is 6.04 Å². The van der Waals surface area contributed by atoms with E-state index in [9.17, 15) is 0 Å². The molecule has 1 unspecified atom stereocenters. The minimum Gasteiger partial charge on any atom is -0.306 e. The highest BCUT2D eigenvalue weighted by atomic mass is 79.9. The molecule has 0 aliphatic heterocycles. The van der Waals surface area contributed by atoms with Crippen molar-refractivity contribution in [2.75, 3.05) is 6.54 Å². The van der Waals surface area contributed by atoms with Crippen molar-refractivity contribution in [3.8, 4) is 0 Å². The van der Waals surface area contributed by atoms with Crippen molar-refractivity contribution in [1.29, 1.82) is 0 Å². The summed E-state index contributed by atoms with van der Waals surface area (Å²) < 4.78 is 1.08. The van der Waals surface area contributed by atoms with Crippen LogP contribution >= 0.6 is 38.9 Å². The molecule has 18 heavy (non-hydrogen) atoms. The topological polar surface area (TPSA) is 12.0 Å². The van der Waals surface area contributed by atoms with Crippen molar-refractivity contribution in [2.24, 2.45) is 0 Å². The lowest BCUT2D eigenvalue weighted by Crippen LogP contribution is -2.21. The fourth-order valence-electron chi connectivity index (χ4n) is 1.96. The van der Waals surface area contributed by atoms with E-state index >= 15 is 0 Å². The molecule has 2 aromatic rings. The molecule has 1 aromatic heterocycles. The largest absolute Gasteiger partial charge is 0.306 e. The number of rotatable bonds is 4. The van der Waals surface area contributed by atoms with Crippen LogP contribution in [0.5, 0.6) is 0 Å². The highest BCUT2D eigenvalue weighted by molar-refractivity contribution is 9.10. The lowest BCUT2D eigenvalue weighted by Gasteiger charge is -2.19. The Kier molecular flexibility index (Phi) is 4.84. The zero-order valence-electron chi connectivity index (χ0n) is 10.3. The Morgan fingerprint density at radius 3 is 2.78 bits per heavy atom. The summed E-state index contributed by atoms with van der Waals surface area (Å²) in [6.45, 7) is 5.16. The summed E-state index contributed by atoms with van der Waals surface area (Å²) in [4.78, 5) is 1.33. The van der Waals surface area contributed by atoms with Crippen LogP contribution in [0.2, 0.25) is 5.02 Å². The van der Waals surface area contributed by atoms with Gasteiger partial charge in [0.15, 0.2) is 0 Å². The summed E-state index contributed by atoms with van der Waals surface area (Å²) in [5, 5.41) is 6.49. The fraction of sp³-hybridized carbons (Fsp3) is 0.286. The van der Waals surface area contributed by atoms with Gasteiger partial charge in [0.25, 0.3) is 0 Å². The van der Waals surface area contributed by atoms with E-state index < -0.39 is 0 Å². The predicted molar refractivity (Wildman–Crippen MR) is 83.7 cm³/mol. The molecule has 0 fully saturated rings. The van der Waals surface area contributed by atoms with Gasteiger partial charge in [-0.15, -0.1) is 11.3 Å². The van der Waals surface area contributed by atoms with Crippen LogP contribution in [0, 0.1) is 6.92 Å². The van der Waals surface area contributed by atoms with Crippen molar-refractivity contribution in [2.45, 2.75) is 19.9 Å². The molecule has 0 saturated heterocycles. The van der Waals surface area contributed by atoms with Crippen molar-refractivity contribution >= 4 is 38.9 Å². The summed E-state index contributed by atoms with van der Waals surface area (Å²) in [6.07, 6.45) is 0. The molecule has 96 valence electrons. The molecular weight excluding hydrogens is 330 g/mol. The summed E-state index contributed by atoms with van der Waals surface area (Å²) >= 11 is 11.5. The van der Waals surface area contributed by atoms with Crippen LogP contribution in [0.3, 0.4) is 0 Å². The summed E-state index contributed by atoms with van der Waals surface area (Å²) in [7, 11) is 0. The van der Waals surface area contributed by atoms with Crippen molar-refractivity contribution < 1.29 is 0 Å². The maximum Gasteiger partial charge on any atom is 0.0596 e. The van der Waals surface area contributed by atoms with Gasteiger partial charge >= 0.3 is 0 Å². The molecular formula is C14H15BrClNS. The van der Waals surface area contributed by atoms with Crippen LogP contribution in [-0.2, 0) is 0 Å². The Labute approximate surface area is 125 Å². The second-order valence-corrected chi connectivity index (χ2v) is 6.55. The van der Waals surface area contributed by atoms with E-state index in [0.29, 0.717) is 0 Å². The Balaban J connectivity index is 2.44. The van der Waals surface area contributed by atoms with Gasteiger partial charge in [0.1, 0.15) is 0 Å². The molecule has 1 N–H and O–H groups in total. The molecule has 1 atom stereocenters. The number of thiophene rings is 1. The third kappa shape index (κ3) is 3.15. The average molecular weight is 345 g/mol. The fourth-order valence-corrected chi connectivity index (χ4v) is 3.35. The monoisotopic (exact) mass is 343 g/mol. The van der Waals surface area contributed by atoms with E-state index in [4.69, 9.17) is 11.6 Å². The highest BCUT2D eigenvalue weighted by Crippen LogP contribution is 2.32. The smallest absolute Gasteiger partial charge is 0.0596 e. The van der Waals surface area contributed by atoms with Crippen molar-refractivity contribution in [3.05, 3.63) is 55.1 Å². The molecule has 0 amide bonds. The third-order valence-electron chi connectivity index (χ3n) is 2.76. The van der Waals surface area contributed by atoms with Crippen LogP contribution in [0.15, 0.2) is 34.1 Å². The van der Waals surface area contributed by atoms with Gasteiger partial charge in [0, 0.05) is 14.4 Å². The highest BCUT2D eigenvalue weighted by Gasteiger charge is 2.17. The average Bonchev–Trinajstić information content (AvgIpc) is 2.76.